The number of esters is 1. The lowest BCUT2D eigenvalue weighted by Crippen LogP contribution is -2.56. The predicted octanol–water partition coefficient (Wildman–Crippen LogP) is 7.18. The molecule has 0 bridgehead atoms. The van der Waals surface area contributed by atoms with Crippen molar-refractivity contribution in [1.29, 1.82) is 0 Å². The number of thioether (sulfide) groups is 1. The Morgan fingerprint density at radius 1 is 0.672 bits per heavy atom. The van der Waals surface area contributed by atoms with Crippen molar-refractivity contribution in [1.82, 2.24) is 16.0 Å². The molecule has 3 amide bonds. The quantitative estimate of drug-likeness (QED) is 0.0287. The first-order chi connectivity index (χ1) is 29.1. The molecule has 0 radical (unpaired) electrons. The normalized spacial score (nSPS) is 12.9. The van der Waals surface area contributed by atoms with Gasteiger partial charge < -0.3 is 29.6 Å². The van der Waals surface area contributed by atoms with Crippen molar-refractivity contribution >= 4 is 45.8 Å². The minimum atomic E-state index is -4.41. The van der Waals surface area contributed by atoms with Crippen LogP contribution in [0.25, 0.3) is 0 Å². The first kappa shape index (κ1) is 45.7. The molecule has 61 heavy (non-hydrogen) atoms. The van der Waals surface area contributed by atoms with Gasteiger partial charge in [0.2, 0.25) is 11.8 Å². The fraction of sp³-hybridized carbons (Fsp3) is 0.234. The van der Waals surface area contributed by atoms with Gasteiger partial charge in [0.25, 0.3) is 0 Å². The SMILES string of the molecule is COC(=O)/C(=C/OS(=O)(=O)c1ccc(C)cc1)NC(=O)[C@H](Cc1ccccc1)NC(=O)[C@H](CSC(c1ccccc1)(c1ccccc1)c1ccccc1)NC(=O)OC(C)(C)C. The van der Waals surface area contributed by atoms with Gasteiger partial charge in [-0.15, -0.1) is 11.8 Å². The van der Waals surface area contributed by atoms with Crippen molar-refractivity contribution in [3.8, 4) is 0 Å². The van der Waals surface area contributed by atoms with E-state index in [1.165, 1.54) is 23.9 Å². The van der Waals surface area contributed by atoms with E-state index in [0.717, 1.165) is 29.4 Å². The second kappa shape index (κ2) is 20.7. The van der Waals surface area contributed by atoms with Crippen LogP contribution in [0.1, 0.15) is 48.6 Å². The van der Waals surface area contributed by atoms with Crippen molar-refractivity contribution in [3.63, 3.8) is 0 Å². The Morgan fingerprint density at radius 2 is 1.16 bits per heavy atom. The van der Waals surface area contributed by atoms with Crippen LogP contribution in [0.4, 0.5) is 4.79 Å². The second-order valence-corrected chi connectivity index (χ2v) is 17.7. The molecule has 0 spiro atoms. The highest BCUT2D eigenvalue weighted by atomic mass is 32.2. The van der Waals surface area contributed by atoms with Gasteiger partial charge in [-0.1, -0.05) is 139 Å². The largest absolute Gasteiger partial charge is 0.464 e. The monoisotopic (exact) mass is 863 g/mol. The van der Waals surface area contributed by atoms with E-state index in [1.807, 2.05) is 91.0 Å². The summed E-state index contributed by atoms with van der Waals surface area (Å²) in [7, 11) is -3.37. The second-order valence-electron chi connectivity index (χ2n) is 14.9. The zero-order valence-corrected chi connectivity index (χ0v) is 36.1. The van der Waals surface area contributed by atoms with Gasteiger partial charge in [0.1, 0.15) is 28.8 Å². The van der Waals surface area contributed by atoms with Crippen LogP contribution in [-0.4, -0.2) is 62.8 Å². The van der Waals surface area contributed by atoms with Crippen molar-refractivity contribution in [2.45, 2.75) is 61.4 Å². The van der Waals surface area contributed by atoms with E-state index in [9.17, 15) is 27.6 Å². The lowest BCUT2D eigenvalue weighted by molar-refractivity contribution is -0.138. The van der Waals surface area contributed by atoms with E-state index < -0.39 is 62.1 Å². The molecule has 0 aromatic heterocycles. The van der Waals surface area contributed by atoms with Gasteiger partial charge in [-0.2, -0.15) is 8.42 Å². The Kier molecular flexibility index (Phi) is 15.5. The molecule has 0 unspecified atom stereocenters. The lowest BCUT2D eigenvalue weighted by atomic mass is 9.84. The van der Waals surface area contributed by atoms with Crippen molar-refractivity contribution in [2.75, 3.05) is 12.9 Å². The molecule has 0 aliphatic carbocycles. The number of alkyl carbamates (subject to hydrolysis) is 1. The van der Waals surface area contributed by atoms with Crippen LogP contribution in [0.5, 0.6) is 0 Å². The van der Waals surface area contributed by atoms with Crippen LogP contribution in [-0.2, 0) is 49.3 Å². The van der Waals surface area contributed by atoms with Crippen molar-refractivity contribution in [2.24, 2.45) is 0 Å². The number of hydrogen-bond donors (Lipinski definition) is 3. The molecule has 2 atom stereocenters. The average molecular weight is 864 g/mol. The summed E-state index contributed by atoms with van der Waals surface area (Å²) < 4.78 is 40.6. The molecular weight excluding hydrogens is 815 g/mol. The Morgan fingerprint density at radius 3 is 1.64 bits per heavy atom. The molecule has 0 fully saturated rings. The third-order valence-corrected chi connectivity index (χ3v) is 12.0. The summed E-state index contributed by atoms with van der Waals surface area (Å²) in [4.78, 5) is 54.9. The van der Waals surface area contributed by atoms with Crippen LogP contribution < -0.4 is 16.0 Å². The predicted molar refractivity (Wildman–Crippen MR) is 235 cm³/mol. The summed E-state index contributed by atoms with van der Waals surface area (Å²) in [5, 5.41) is 7.90. The fourth-order valence-corrected chi connectivity index (χ4v) is 8.63. The zero-order valence-electron chi connectivity index (χ0n) is 34.5. The number of aryl methyl sites for hydroxylation is 1. The molecule has 0 aliphatic rings. The first-order valence-electron chi connectivity index (χ1n) is 19.3. The third kappa shape index (κ3) is 12.6. The summed E-state index contributed by atoms with van der Waals surface area (Å²) >= 11 is 1.41. The summed E-state index contributed by atoms with van der Waals surface area (Å²) in [5.74, 6) is -2.76. The maximum Gasteiger partial charge on any atom is 0.408 e. The van der Waals surface area contributed by atoms with E-state index in [2.05, 4.69) is 16.0 Å². The molecule has 3 N–H and O–H groups in total. The van der Waals surface area contributed by atoms with Crippen molar-refractivity contribution < 1.29 is 41.3 Å². The van der Waals surface area contributed by atoms with E-state index >= 15 is 0 Å². The maximum absolute atomic E-state index is 14.6. The van der Waals surface area contributed by atoms with E-state index in [4.69, 9.17) is 13.7 Å². The number of carbonyl (C=O) groups is 4. The number of nitrogens with one attached hydrogen (secondary N) is 3. The number of carbonyl (C=O) groups excluding carboxylic acids is 4. The summed E-state index contributed by atoms with van der Waals surface area (Å²) in [6.45, 7) is 6.88. The number of rotatable bonds is 17. The molecule has 0 aliphatic heterocycles. The summed E-state index contributed by atoms with van der Waals surface area (Å²) in [6.07, 6.45) is -0.353. The van der Waals surface area contributed by atoms with Crippen LogP contribution in [0.15, 0.2) is 162 Å². The molecule has 5 aromatic rings. The minimum Gasteiger partial charge on any atom is -0.464 e. The van der Waals surface area contributed by atoms with E-state index in [1.54, 1.807) is 70.2 Å². The number of ether oxygens (including phenoxy) is 2. The molecule has 5 rings (SSSR count). The van der Waals surface area contributed by atoms with Gasteiger partial charge in [0.05, 0.1) is 11.9 Å². The first-order valence-corrected chi connectivity index (χ1v) is 21.7. The molecule has 14 heteroatoms. The van der Waals surface area contributed by atoms with Gasteiger partial charge in [0.15, 0.2) is 5.70 Å². The molecule has 318 valence electrons. The van der Waals surface area contributed by atoms with E-state index in [-0.39, 0.29) is 17.1 Å². The van der Waals surface area contributed by atoms with Gasteiger partial charge in [-0.05, 0) is 62.1 Å². The molecule has 0 heterocycles. The number of methoxy groups -OCH3 is 1. The minimum absolute atomic E-state index is 0.0124. The Balaban J connectivity index is 1.51. The average Bonchev–Trinajstić information content (AvgIpc) is 3.25. The smallest absolute Gasteiger partial charge is 0.408 e. The van der Waals surface area contributed by atoms with Crippen molar-refractivity contribution in [3.05, 3.63) is 185 Å². The highest BCUT2D eigenvalue weighted by Gasteiger charge is 2.39. The molecular formula is C47H49N3O9S2. The number of benzene rings is 5. The Labute approximate surface area is 361 Å². The fourth-order valence-electron chi connectivity index (χ4n) is 6.27. The van der Waals surface area contributed by atoms with Crippen LogP contribution in [0.2, 0.25) is 0 Å². The van der Waals surface area contributed by atoms with Crippen LogP contribution >= 0.6 is 11.8 Å². The topological polar surface area (TPSA) is 166 Å². The van der Waals surface area contributed by atoms with Crippen LogP contribution in [0.3, 0.4) is 0 Å². The lowest BCUT2D eigenvalue weighted by Gasteiger charge is -2.36. The highest BCUT2D eigenvalue weighted by molar-refractivity contribution is 8.00. The molecule has 0 saturated carbocycles. The molecule has 12 nitrogen and oxygen atoms in total. The number of hydrogen-bond acceptors (Lipinski definition) is 10. The summed E-state index contributed by atoms with van der Waals surface area (Å²) in [5.41, 5.74) is 2.67. The van der Waals surface area contributed by atoms with Gasteiger partial charge in [-0.25, -0.2) is 9.59 Å². The molecule has 5 aromatic carbocycles. The zero-order chi connectivity index (χ0) is 44.0. The number of amides is 3. The van der Waals surface area contributed by atoms with Crippen LogP contribution in [0, 0.1) is 6.92 Å². The summed E-state index contributed by atoms with van der Waals surface area (Å²) in [6, 6.07) is 41.4. The third-order valence-electron chi connectivity index (χ3n) is 9.20. The maximum atomic E-state index is 14.6. The van der Waals surface area contributed by atoms with Gasteiger partial charge in [-0.3, -0.25) is 9.59 Å². The Hall–Kier alpha value is -6.38. The van der Waals surface area contributed by atoms with Gasteiger partial charge in [0, 0.05) is 12.2 Å². The van der Waals surface area contributed by atoms with E-state index in [0.29, 0.717) is 11.8 Å². The standard InChI is InChI=1S/C47H49N3O9S2/c1-33-26-28-38(29-27-33)61(55,56)58-31-40(44(53)57-5)49-42(51)39(30-34-18-10-6-11-19-34)48-43(52)41(50-45(54)59-46(2,3)4)32-60-47(35-20-12-7-13-21-35,36-22-14-8-15-23-36)37-24-16-9-17-25-37/h6-29,31,39,41H,30,32H2,1-5H3,(H,48,52)(H,49,51)(H,50,54)/b40-31-/t39-,41-/m0/s1. The Bertz CT molecular complexity index is 2290. The van der Waals surface area contributed by atoms with Gasteiger partial charge >= 0.3 is 22.2 Å². The highest BCUT2D eigenvalue weighted by Crippen LogP contribution is 2.48. The molecule has 0 saturated heterocycles.